The van der Waals surface area contributed by atoms with Crippen LogP contribution in [0, 0.1) is 5.92 Å². The van der Waals surface area contributed by atoms with Gasteiger partial charge in [0.05, 0.1) is 14.2 Å². The molecule has 136 valence electrons. The van der Waals surface area contributed by atoms with Crippen molar-refractivity contribution in [3.8, 4) is 11.5 Å². The van der Waals surface area contributed by atoms with E-state index in [2.05, 4.69) is 39.7 Å². The van der Waals surface area contributed by atoms with Gasteiger partial charge in [0.25, 0.3) is 0 Å². The quantitative estimate of drug-likeness (QED) is 0.773. The van der Waals surface area contributed by atoms with E-state index in [9.17, 15) is 0 Å². The number of piperidine rings is 1. The summed E-state index contributed by atoms with van der Waals surface area (Å²) in [5.74, 6) is 3.66. The fraction of sp³-hybridized carbons (Fsp3) is 0.550. The van der Waals surface area contributed by atoms with Gasteiger partial charge in [-0.15, -0.1) is 0 Å². The first-order chi connectivity index (χ1) is 12.2. The average Bonchev–Trinajstić information content (AvgIpc) is 3.10. The van der Waals surface area contributed by atoms with Gasteiger partial charge in [-0.25, -0.2) is 4.98 Å². The van der Waals surface area contributed by atoms with Crippen molar-refractivity contribution in [2.24, 2.45) is 5.92 Å². The topological polar surface area (TPSA) is 39.5 Å². The molecule has 0 amide bonds. The average molecular weight is 343 g/mol. The maximum atomic E-state index is 5.38. The van der Waals surface area contributed by atoms with Crippen LogP contribution >= 0.6 is 0 Å². The SMILES string of the molecule is CCc1nccn1CC1CCN(Cc2cc(OC)cc(OC)c2)CC1. The van der Waals surface area contributed by atoms with Crippen molar-refractivity contribution < 1.29 is 9.47 Å². The van der Waals surface area contributed by atoms with Gasteiger partial charge in [-0.1, -0.05) is 6.92 Å². The summed E-state index contributed by atoms with van der Waals surface area (Å²) >= 11 is 0. The van der Waals surface area contributed by atoms with E-state index in [0.29, 0.717) is 0 Å². The van der Waals surface area contributed by atoms with E-state index in [4.69, 9.17) is 9.47 Å². The summed E-state index contributed by atoms with van der Waals surface area (Å²) in [4.78, 5) is 6.96. The van der Waals surface area contributed by atoms with E-state index in [1.54, 1.807) is 14.2 Å². The second-order valence-electron chi connectivity index (χ2n) is 6.79. The minimum Gasteiger partial charge on any atom is -0.497 e. The summed E-state index contributed by atoms with van der Waals surface area (Å²) < 4.78 is 13.1. The van der Waals surface area contributed by atoms with E-state index in [0.717, 1.165) is 50.0 Å². The van der Waals surface area contributed by atoms with E-state index in [1.807, 2.05) is 12.3 Å². The van der Waals surface area contributed by atoms with E-state index in [-0.39, 0.29) is 0 Å². The Morgan fingerprint density at radius 2 is 1.76 bits per heavy atom. The van der Waals surface area contributed by atoms with Gasteiger partial charge in [0.1, 0.15) is 17.3 Å². The third-order valence-electron chi connectivity index (χ3n) is 5.10. The summed E-state index contributed by atoms with van der Waals surface area (Å²) in [5, 5.41) is 0. The number of likely N-dealkylation sites (tertiary alicyclic amines) is 1. The second kappa shape index (κ2) is 8.39. The molecular weight excluding hydrogens is 314 g/mol. The molecule has 1 aromatic heterocycles. The lowest BCUT2D eigenvalue weighted by Crippen LogP contribution is -2.34. The summed E-state index contributed by atoms with van der Waals surface area (Å²) in [6.45, 7) is 6.50. The summed E-state index contributed by atoms with van der Waals surface area (Å²) in [6.07, 6.45) is 7.52. The Balaban J connectivity index is 1.54. The smallest absolute Gasteiger partial charge is 0.122 e. The first-order valence-corrected chi connectivity index (χ1v) is 9.16. The number of rotatable bonds is 7. The summed E-state index contributed by atoms with van der Waals surface area (Å²) in [6, 6.07) is 6.13. The molecular formula is C20H29N3O2. The Labute approximate surface area is 150 Å². The highest BCUT2D eigenvalue weighted by Gasteiger charge is 2.20. The number of aryl methyl sites for hydroxylation is 1. The summed E-state index contributed by atoms with van der Waals surface area (Å²) in [7, 11) is 3.40. The van der Waals surface area contributed by atoms with Crippen molar-refractivity contribution in [3.05, 3.63) is 42.0 Å². The normalized spacial score (nSPS) is 16.1. The zero-order valence-corrected chi connectivity index (χ0v) is 15.6. The molecule has 1 aliphatic rings. The number of benzene rings is 1. The standard InChI is InChI=1S/C20H29N3O2/c1-4-20-21-7-10-23(20)15-16-5-8-22(9-6-16)14-17-11-18(24-2)13-19(12-17)25-3/h7,10-13,16H,4-6,8-9,14-15H2,1-3H3. The molecule has 2 aromatic rings. The maximum absolute atomic E-state index is 5.38. The van der Waals surface area contributed by atoms with Crippen LogP contribution in [0.3, 0.4) is 0 Å². The van der Waals surface area contributed by atoms with Crippen molar-refractivity contribution in [2.75, 3.05) is 27.3 Å². The highest BCUT2D eigenvalue weighted by Crippen LogP contribution is 2.26. The van der Waals surface area contributed by atoms with Gasteiger partial charge in [0, 0.05) is 38.0 Å². The Kier molecular flexibility index (Phi) is 5.97. The molecule has 0 radical (unpaired) electrons. The molecule has 5 nitrogen and oxygen atoms in total. The molecule has 25 heavy (non-hydrogen) atoms. The van der Waals surface area contributed by atoms with Crippen molar-refractivity contribution >= 4 is 0 Å². The minimum absolute atomic E-state index is 0.746. The molecule has 0 N–H and O–H groups in total. The van der Waals surface area contributed by atoms with Gasteiger partial charge in [-0.3, -0.25) is 4.90 Å². The molecule has 0 aliphatic carbocycles. The third kappa shape index (κ3) is 4.54. The number of ether oxygens (including phenoxy) is 2. The van der Waals surface area contributed by atoms with Gasteiger partial charge in [0.15, 0.2) is 0 Å². The highest BCUT2D eigenvalue weighted by molar-refractivity contribution is 5.38. The maximum Gasteiger partial charge on any atom is 0.122 e. The van der Waals surface area contributed by atoms with Gasteiger partial charge in [-0.05, 0) is 49.5 Å². The largest absolute Gasteiger partial charge is 0.497 e. The Bertz CT molecular complexity index is 653. The molecule has 0 bridgehead atoms. The lowest BCUT2D eigenvalue weighted by Gasteiger charge is -2.32. The zero-order chi connectivity index (χ0) is 17.6. The molecule has 0 atom stereocenters. The fourth-order valence-electron chi connectivity index (χ4n) is 3.64. The van der Waals surface area contributed by atoms with Crippen LogP contribution in [0.2, 0.25) is 0 Å². The number of hydrogen-bond donors (Lipinski definition) is 0. The first kappa shape index (κ1) is 17.8. The minimum atomic E-state index is 0.746. The van der Waals surface area contributed by atoms with Crippen molar-refractivity contribution in [2.45, 2.75) is 39.3 Å². The van der Waals surface area contributed by atoms with Gasteiger partial charge in [-0.2, -0.15) is 0 Å². The van der Waals surface area contributed by atoms with Crippen LogP contribution in [0.25, 0.3) is 0 Å². The molecule has 0 spiro atoms. The number of nitrogens with zero attached hydrogens (tertiary/aromatic N) is 3. The van der Waals surface area contributed by atoms with Crippen molar-refractivity contribution in [1.82, 2.24) is 14.5 Å². The van der Waals surface area contributed by atoms with Crippen molar-refractivity contribution in [3.63, 3.8) is 0 Å². The Morgan fingerprint density at radius 3 is 2.36 bits per heavy atom. The number of methoxy groups -OCH3 is 2. The van der Waals surface area contributed by atoms with E-state index < -0.39 is 0 Å². The molecule has 2 heterocycles. The zero-order valence-electron chi connectivity index (χ0n) is 15.6. The van der Waals surface area contributed by atoms with Crippen LogP contribution in [0.5, 0.6) is 11.5 Å². The van der Waals surface area contributed by atoms with Crippen LogP contribution in [-0.2, 0) is 19.5 Å². The van der Waals surface area contributed by atoms with Crippen LogP contribution < -0.4 is 9.47 Å². The number of imidazole rings is 1. The predicted molar refractivity (Wildman–Crippen MR) is 99.2 cm³/mol. The van der Waals surface area contributed by atoms with Crippen LogP contribution in [-0.4, -0.2) is 41.8 Å². The van der Waals surface area contributed by atoms with Crippen LogP contribution in [0.15, 0.2) is 30.6 Å². The van der Waals surface area contributed by atoms with Crippen LogP contribution in [0.1, 0.15) is 31.2 Å². The lowest BCUT2D eigenvalue weighted by atomic mass is 9.96. The predicted octanol–water partition coefficient (Wildman–Crippen LogP) is 3.37. The molecule has 0 unspecified atom stereocenters. The molecule has 0 saturated carbocycles. The third-order valence-corrected chi connectivity index (χ3v) is 5.10. The molecule has 1 saturated heterocycles. The van der Waals surface area contributed by atoms with Crippen LogP contribution in [0.4, 0.5) is 0 Å². The van der Waals surface area contributed by atoms with E-state index in [1.165, 1.54) is 24.2 Å². The van der Waals surface area contributed by atoms with Gasteiger partial charge >= 0.3 is 0 Å². The van der Waals surface area contributed by atoms with E-state index >= 15 is 0 Å². The summed E-state index contributed by atoms with van der Waals surface area (Å²) in [5.41, 5.74) is 1.25. The first-order valence-electron chi connectivity index (χ1n) is 9.16. The number of aromatic nitrogens is 2. The molecule has 1 fully saturated rings. The van der Waals surface area contributed by atoms with Crippen molar-refractivity contribution in [1.29, 1.82) is 0 Å². The fourth-order valence-corrected chi connectivity index (χ4v) is 3.64. The monoisotopic (exact) mass is 343 g/mol. The Hall–Kier alpha value is -2.01. The highest BCUT2D eigenvalue weighted by atomic mass is 16.5. The Morgan fingerprint density at radius 1 is 1.08 bits per heavy atom. The lowest BCUT2D eigenvalue weighted by molar-refractivity contribution is 0.166. The molecule has 5 heteroatoms. The second-order valence-corrected chi connectivity index (χ2v) is 6.79. The molecule has 1 aliphatic heterocycles. The molecule has 3 rings (SSSR count). The number of hydrogen-bond acceptors (Lipinski definition) is 4. The van der Waals surface area contributed by atoms with Gasteiger partial charge < -0.3 is 14.0 Å². The van der Waals surface area contributed by atoms with Gasteiger partial charge in [0.2, 0.25) is 0 Å². The molecule has 1 aromatic carbocycles.